The molecule has 2 unspecified atom stereocenters. The van der Waals surface area contributed by atoms with E-state index in [0.29, 0.717) is 24.5 Å². The monoisotopic (exact) mass is 450 g/mol. The van der Waals surface area contributed by atoms with Crippen molar-refractivity contribution in [2.45, 2.75) is 88.9 Å². The summed E-state index contributed by atoms with van der Waals surface area (Å²) < 4.78 is 1.68. The van der Waals surface area contributed by atoms with Crippen LogP contribution in [-0.4, -0.2) is 49.8 Å². The molecule has 1 aliphatic heterocycles. The van der Waals surface area contributed by atoms with Gasteiger partial charge in [0.1, 0.15) is 11.7 Å². The van der Waals surface area contributed by atoms with Crippen molar-refractivity contribution in [3.8, 4) is 0 Å². The third-order valence-corrected chi connectivity index (χ3v) is 7.77. The zero-order chi connectivity index (χ0) is 23.1. The van der Waals surface area contributed by atoms with E-state index >= 15 is 0 Å². The highest BCUT2D eigenvalue weighted by atomic mass is 16.3. The summed E-state index contributed by atoms with van der Waals surface area (Å²) in [6, 6.07) is 9.01. The van der Waals surface area contributed by atoms with Gasteiger partial charge in [0.25, 0.3) is 5.91 Å². The third kappa shape index (κ3) is 4.07. The molecule has 3 fully saturated rings. The number of carbonyl (C=O) groups is 2. The van der Waals surface area contributed by atoms with Gasteiger partial charge in [0.2, 0.25) is 5.91 Å². The molecule has 2 heterocycles. The second-order valence-electron chi connectivity index (χ2n) is 10.2. The lowest BCUT2D eigenvalue weighted by Gasteiger charge is -2.37. The number of carbonyl (C=O) groups excluding carboxylic acids is 2. The van der Waals surface area contributed by atoms with Crippen molar-refractivity contribution >= 4 is 17.5 Å². The van der Waals surface area contributed by atoms with E-state index in [1.807, 2.05) is 26.0 Å². The molecule has 2 N–H and O–H groups in total. The first-order chi connectivity index (χ1) is 15.9. The number of nitrogens with one attached hydrogen (secondary N) is 1. The summed E-state index contributed by atoms with van der Waals surface area (Å²) in [5, 5.41) is 17.8. The molecule has 1 aromatic carbocycles. The highest BCUT2D eigenvalue weighted by Crippen LogP contribution is 2.44. The zero-order valence-electron chi connectivity index (χ0n) is 19.5. The molecule has 2 aromatic rings. The molecular weight excluding hydrogens is 416 g/mol. The van der Waals surface area contributed by atoms with Crippen LogP contribution in [0.1, 0.15) is 86.8 Å². The predicted molar refractivity (Wildman–Crippen MR) is 126 cm³/mol. The second-order valence-corrected chi connectivity index (χ2v) is 10.2. The van der Waals surface area contributed by atoms with E-state index in [-0.39, 0.29) is 29.8 Å². The van der Waals surface area contributed by atoms with Crippen LogP contribution in [-0.2, 0) is 4.79 Å². The number of likely N-dealkylation sites (tertiary alicyclic amines) is 1. The van der Waals surface area contributed by atoms with Crippen LogP contribution in [0.15, 0.2) is 36.5 Å². The van der Waals surface area contributed by atoms with Gasteiger partial charge in [0.15, 0.2) is 0 Å². The van der Waals surface area contributed by atoms with Gasteiger partial charge in [-0.1, -0.05) is 31.4 Å². The molecular formula is C26H34N4O3. The maximum absolute atomic E-state index is 13.5. The van der Waals surface area contributed by atoms with Crippen LogP contribution in [0, 0.1) is 5.92 Å². The molecule has 0 spiro atoms. The molecule has 1 aromatic heterocycles. The van der Waals surface area contributed by atoms with Crippen LogP contribution in [0.2, 0.25) is 0 Å². The highest BCUT2D eigenvalue weighted by molar-refractivity contribution is 6.01. The van der Waals surface area contributed by atoms with Crippen molar-refractivity contribution < 1.29 is 14.7 Å². The minimum atomic E-state index is -0.590. The van der Waals surface area contributed by atoms with E-state index in [1.165, 1.54) is 37.7 Å². The van der Waals surface area contributed by atoms with Crippen molar-refractivity contribution in [3.05, 3.63) is 47.8 Å². The first-order valence-electron chi connectivity index (χ1n) is 12.4. The van der Waals surface area contributed by atoms with Crippen molar-refractivity contribution in [3.63, 3.8) is 0 Å². The van der Waals surface area contributed by atoms with Crippen LogP contribution >= 0.6 is 0 Å². The Kier molecular flexibility index (Phi) is 5.99. The molecule has 0 radical (unpaired) electrons. The summed E-state index contributed by atoms with van der Waals surface area (Å²) in [5.41, 5.74) is 2.55. The van der Waals surface area contributed by atoms with Crippen LogP contribution < -0.4 is 5.32 Å². The van der Waals surface area contributed by atoms with Crippen molar-refractivity contribution in [1.82, 2.24) is 14.7 Å². The zero-order valence-corrected chi connectivity index (χ0v) is 19.5. The SMILES string of the molecule is CC(C)n1nccc1C(=O)N1C2CC(C[C@@H]2O)[C@H]1C(=O)Nc1ccc(C2CCCCC2)cc1. The summed E-state index contributed by atoms with van der Waals surface area (Å²) >= 11 is 0. The highest BCUT2D eigenvalue weighted by Gasteiger charge is 2.55. The molecule has 2 amide bonds. The number of aliphatic hydroxyl groups excluding tert-OH is 1. The molecule has 1 saturated heterocycles. The lowest BCUT2D eigenvalue weighted by Crippen LogP contribution is -2.55. The summed E-state index contributed by atoms with van der Waals surface area (Å²) in [6.07, 6.45) is 8.62. The summed E-state index contributed by atoms with van der Waals surface area (Å²) in [4.78, 5) is 28.5. The van der Waals surface area contributed by atoms with Gasteiger partial charge in [-0.3, -0.25) is 14.3 Å². The van der Waals surface area contributed by atoms with Gasteiger partial charge in [0.05, 0.1) is 12.1 Å². The number of anilines is 1. The number of nitrogens with zero attached hydrogens (tertiary/aromatic N) is 3. The molecule has 5 rings (SSSR count). The van der Waals surface area contributed by atoms with E-state index in [2.05, 4.69) is 22.5 Å². The minimum Gasteiger partial charge on any atom is -0.391 e. The van der Waals surface area contributed by atoms with Crippen molar-refractivity contribution in [2.24, 2.45) is 5.92 Å². The van der Waals surface area contributed by atoms with Gasteiger partial charge in [-0.25, -0.2) is 0 Å². The third-order valence-electron chi connectivity index (χ3n) is 7.77. The number of aliphatic hydroxyl groups is 1. The molecule has 7 heteroatoms. The van der Waals surface area contributed by atoms with Gasteiger partial charge in [0, 0.05) is 17.9 Å². The quantitative estimate of drug-likeness (QED) is 0.718. The van der Waals surface area contributed by atoms with Gasteiger partial charge >= 0.3 is 0 Å². The van der Waals surface area contributed by atoms with E-state index in [1.54, 1.807) is 21.8 Å². The number of fused-ring (bicyclic) bond motifs is 2. The maximum atomic E-state index is 13.5. The maximum Gasteiger partial charge on any atom is 0.273 e. The van der Waals surface area contributed by atoms with Gasteiger partial charge in [-0.15, -0.1) is 0 Å². The van der Waals surface area contributed by atoms with E-state index in [9.17, 15) is 14.7 Å². The molecule has 176 valence electrons. The van der Waals surface area contributed by atoms with Crippen molar-refractivity contribution in [1.29, 1.82) is 0 Å². The Balaban J connectivity index is 1.34. The predicted octanol–water partition coefficient (Wildman–Crippen LogP) is 4.11. The molecule has 7 nitrogen and oxygen atoms in total. The Morgan fingerprint density at radius 2 is 1.79 bits per heavy atom. The molecule has 2 bridgehead atoms. The number of amides is 2. The number of benzene rings is 1. The van der Waals surface area contributed by atoms with E-state index in [4.69, 9.17) is 0 Å². The normalized spacial score (nSPS) is 27.3. The fraction of sp³-hybridized carbons (Fsp3) is 0.577. The Hall–Kier alpha value is -2.67. The average molecular weight is 451 g/mol. The smallest absolute Gasteiger partial charge is 0.273 e. The fourth-order valence-corrected chi connectivity index (χ4v) is 6.16. The Labute approximate surface area is 195 Å². The van der Waals surface area contributed by atoms with Crippen molar-refractivity contribution in [2.75, 3.05) is 5.32 Å². The standard InChI is InChI=1S/C26H34N4O3/c1-16(2)30-21(12-13-27-30)26(33)29-22-14-19(15-23(22)31)24(29)25(32)28-20-10-8-18(9-11-20)17-6-4-3-5-7-17/h8-13,16-17,19,22-24,31H,3-7,14-15H2,1-2H3,(H,28,32)/t19?,22?,23-,24-/m0/s1. The Bertz CT molecular complexity index is 1010. The summed E-state index contributed by atoms with van der Waals surface area (Å²) in [5.74, 6) is 0.171. The molecule has 4 atom stereocenters. The average Bonchev–Trinajstić information content (AvgIpc) is 3.54. The second kappa shape index (κ2) is 8.93. The first kappa shape index (κ1) is 22.1. The topological polar surface area (TPSA) is 87.5 Å². The lowest BCUT2D eigenvalue weighted by molar-refractivity contribution is -0.123. The molecule has 33 heavy (non-hydrogen) atoms. The van der Waals surface area contributed by atoms with Gasteiger partial charge in [-0.2, -0.15) is 5.10 Å². The van der Waals surface area contributed by atoms with Crippen LogP contribution in [0.5, 0.6) is 0 Å². The molecule has 3 aliphatic rings. The number of hydrogen-bond acceptors (Lipinski definition) is 4. The lowest BCUT2D eigenvalue weighted by atomic mass is 9.84. The number of hydrogen-bond donors (Lipinski definition) is 2. The van der Waals surface area contributed by atoms with Crippen LogP contribution in [0.25, 0.3) is 0 Å². The fourth-order valence-electron chi connectivity index (χ4n) is 6.16. The van der Waals surface area contributed by atoms with Gasteiger partial charge in [-0.05, 0) is 75.1 Å². The van der Waals surface area contributed by atoms with E-state index < -0.39 is 12.1 Å². The van der Waals surface area contributed by atoms with Crippen LogP contribution in [0.4, 0.5) is 5.69 Å². The Morgan fingerprint density at radius 3 is 2.48 bits per heavy atom. The number of piperidine rings is 1. The van der Waals surface area contributed by atoms with E-state index in [0.717, 1.165) is 5.69 Å². The van der Waals surface area contributed by atoms with Crippen LogP contribution in [0.3, 0.4) is 0 Å². The molecule has 2 saturated carbocycles. The molecule has 2 aliphatic carbocycles. The summed E-state index contributed by atoms with van der Waals surface area (Å²) in [7, 11) is 0. The first-order valence-corrected chi connectivity index (χ1v) is 12.4. The minimum absolute atomic E-state index is 0.0265. The Morgan fingerprint density at radius 1 is 1.06 bits per heavy atom. The van der Waals surface area contributed by atoms with Gasteiger partial charge < -0.3 is 15.3 Å². The summed E-state index contributed by atoms with van der Waals surface area (Å²) in [6.45, 7) is 3.94. The number of rotatable bonds is 5. The number of aromatic nitrogens is 2. The largest absolute Gasteiger partial charge is 0.391 e.